The van der Waals surface area contributed by atoms with Crippen molar-refractivity contribution in [1.29, 1.82) is 0 Å². The summed E-state index contributed by atoms with van der Waals surface area (Å²) in [6.07, 6.45) is 7.29. The van der Waals surface area contributed by atoms with E-state index >= 15 is 0 Å². The molecule has 2 heterocycles. The molecule has 26 heavy (non-hydrogen) atoms. The van der Waals surface area contributed by atoms with E-state index in [1.54, 1.807) is 7.11 Å². The molecule has 0 radical (unpaired) electrons. The molecule has 1 fully saturated rings. The van der Waals surface area contributed by atoms with Crippen LogP contribution < -0.4 is 10.1 Å². The van der Waals surface area contributed by atoms with Crippen LogP contribution in [-0.2, 0) is 13.0 Å². The van der Waals surface area contributed by atoms with E-state index in [2.05, 4.69) is 53.0 Å². The fourth-order valence-corrected chi connectivity index (χ4v) is 4.19. The highest BCUT2D eigenvalue weighted by molar-refractivity contribution is 5.85. The third kappa shape index (κ3) is 4.60. The van der Waals surface area contributed by atoms with E-state index in [0.717, 1.165) is 44.1 Å². The van der Waals surface area contributed by atoms with Crippen molar-refractivity contribution in [2.75, 3.05) is 39.8 Å². The summed E-state index contributed by atoms with van der Waals surface area (Å²) in [7, 11) is 1.75. The normalized spacial score (nSPS) is 15.8. The Kier molecular flexibility index (Phi) is 6.98. The van der Waals surface area contributed by atoms with Crippen molar-refractivity contribution in [3.8, 4) is 5.75 Å². The first kappa shape index (κ1) is 19.2. The van der Waals surface area contributed by atoms with Crippen molar-refractivity contribution < 1.29 is 4.74 Å². The molecule has 1 N–H and O–H groups in total. The van der Waals surface area contributed by atoms with E-state index in [9.17, 15) is 0 Å². The molecule has 0 saturated carbocycles. The van der Waals surface area contributed by atoms with Crippen molar-refractivity contribution in [2.45, 2.75) is 46.1 Å². The van der Waals surface area contributed by atoms with Gasteiger partial charge in [-0.1, -0.05) is 13.8 Å². The highest BCUT2D eigenvalue weighted by Gasteiger charge is 2.17. The molecule has 1 aliphatic rings. The summed E-state index contributed by atoms with van der Waals surface area (Å²) in [5.74, 6) is 1.81. The Hall–Kier alpha value is -1.52. The molecule has 1 aromatic carbocycles. The third-order valence-electron chi connectivity index (χ3n) is 5.76. The van der Waals surface area contributed by atoms with E-state index < -0.39 is 0 Å². The number of hydrogen-bond acceptors (Lipinski definition) is 3. The van der Waals surface area contributed by atoms with Gasteiger partial charge in [0.15, 0.2) is 0 Å². The molecule has 0 atom stereocenters. The summed E-state index contributed by atoms with van der Waals surface area (Å²) in [4.78, 5) is 2.64. The monoisotopic (exact) mass is 357 g/mol. The van der Waals surface area contributed by atoms with Gasteiger partial charge in [-0.2, -0.15) is 0 Å². The number of nitrogens with one attached hydrogen (secondary N) is 1. The van der Waals surface area contributed by atoms with Crippen molar-refractivity contribution in [3.63, 3.8) is 0 Å². The van der Waals surface area contributed by atoms with Gasteiger partial charge in [0.2, 0.25) is 0 Å². The van der Waals surface area contributed by atoms with Crippen LogP contribution in [0.3, 0.4) is 0 Å². The first-order valence-corrected chi connectivity index (χ1v) is 10.3. The molecule has 144 valence electrons. The molecule has 2 aromatic rings. The van der Waals surface area contributed by atoms with E-state index in [4.69, 9.17) is 4.74 Å². The van der Waals surface area contributed by atoms with Crippen LogP contribution in [-0.4, -0.2) is 49.3 Å². The number of ether oxygens (including phenoxy) is 1. The standard InChI is InChI=1S/C22H35N3O/c1-4-13-25-17-19(21-7-6-20(26-3)15-22(21)25)10-14-24(5-2)16-18-8-11-23-12-9-18/h6-7,15,17-18,23H,4-5,8-14,16H2,1-3H3. The van der Waals surface area contributed by atoms with E-state index in [-0.39, 0.29) is 0 Å². The minimum absolute atomic E-state index is 0.863. The number of aromatic nitrogens is 1. The zero-order chi connectivity index (χ0) is 18.4. The van der Waals surface area contributed by atoms with E-state index in [1.165, 1.54) is 48.9 Å². The number of piperidine rings is 1. The molecule has 0 spiro atoms. The van der Waals surface area contributed by atoms with Gasteiger partial charge in [0.05, 0.1) is 12.6 Å². The lowest BCUT2D eigenvalue weighted by atomic mass is 9.97. The number of aryl methyl sites for hydroxylation is 1. The second-order valence-corrected chi connectivity index (χ2v) is 7.57. The second kappa shape index (κ2) is 9.43. The SMILES string of the molecule is CCCn1cc(CCN(CC)CC2CCNCC2)c2ccc(OC)cc21. The lowest BCUT2D eigenvalue weighted by Gasteiger charge is -2.29. The van der Waals surface area contributed by atoms with Crippen LogP contribution in [0.1, 0.15) is 38.7 Å². The molecular formula is C22H35N3O. The lowest BCUT2D eigenvalue weighted by molar-refractivity contribution is 0.216. The van der Waals surface area contributed by atoms with Crippen molar-refractivity contribution >= 4 is 10.9 Å². The quantitative estimate of drug-likeness (QED) is 0.737. The molecule has 1 aliphatic heterocycles. The summed E-state index contributed by atoms with van der Waals surface area (Å²) in [5.41, 5.74) is 2.78. The Balaban J connectivity index is 1.70. The predicted molar refractivity (Wildman–Crippen MR) is 110 cm³/mol. The maximum absolute atomic E-state index is 5.44. The third-order valence-corrected chi connectivity index (χ3v) is 5.76. The van der Waals surface area contributed by atoms with Gasteiger partial charge in [-0.05, 0) is 68.9 Å². The topological polar surface area (TPSA) is 29.4 Å². The van der Waals surface area contributed by atoms with Gasteiger partial charge in [0.25, 0.3) is 0 Å². The highest BCUT2D eigenvalue weighted by Crippen LogP contribution is 2.27. The molecule has 1 aromatic heterocycles. The number of benzene rings is 1. The van der Waals surface area contributed by atoms with Crippen LogP contribution in [0.15, 0.2) is 24.4 Å². The van der Waals surface area contributed by atoms with Crippen LogP contribution in [0.2, 0.25) is 0 Å². The van der Waals surface area contributed by atoms with Crippen LogP contribution in [0.5, 0.6) is 5.75 Å². The molecule has 4 nitrogen and oxygen atoms in total. The molecule has 0 bridgehead atoms. The van der Waals surface area contributed by atoms with Gasteiger partial charge in [-0.25, -0.2) is 0 Å². The number of methoxy groups -OCH3 is 1. The van der Waals surface area contributed by atoms with Crippen molar-refractivity contribution in [3.05, 3.63) is 30.0 Å². The largest absolute Gasteiger partial charge is 0.497 e. The average molecular weight is 358 g/mol. The smallest absolute Gasteiger partial charge is 0.120 e. The summed E-state index contributed by atoms with van der Waals surface area (Å²) in [5, 5.41) is 4.86. The highest BCUT2D eigenvalue weighted by atomic mass is 16.5. The van der Waals surface area contributed by atoms with Gasteiger partial charge < -0.3 is 19.5 Å². The molecule has 1 saturated heterocycles. The maximum Gasteiger partial charge on any atom is 0.120 e. The number of fused-ring (bicyclic) bond motifs is 1. The lowest BCUT2D eigenvalue weighted by Crippen LogP contribution is -2.37. The predicted octanol–water partition coefficient (Wildman–Crippen LogP) is 3.92. The fraction of sp³-hybridized carbons (Fsp3) is 0.636. The van der Waals surface area contributed by atoms with Crippen molar-refractivity contribution in [2.24, 2.45) is 5.92 Å². The molecule has 4 heteroatoms. The molecule has 0 unspecified atom stereocenters. The van der Waals surface area contributed by atoms with Gasteiger partial charge in [-0.3, -0.25) is 0 Å². The van der Waals surface area contributed by atoms with Gasteiger partial charge in [0, 0.05) is 37.3 Å². The number of rotatable bonds is 9. The summed E-state index contributed by atoms with van der Waals surface area (Å²) < 4.78 is 7.84. The van der Waals surface area contributed by atoms with Gasteiger partial charge in [-0.15, -0.1) is 0 Å². The molecule has 0 amide bonds. The maximum atomic E-state index is 5.44. The zero-order valence-corrected chi connectivity index (χ0v) is 16.8. The van der Waals surface area contributed by atoms with E-state index in [0.29, 0.717) is 0 Å². The van der Waals surface area contributed by atoms with Crippen LogP contribution in [0.25, 0.3) is 10.9 Å². The Labute approximate surface area is 158 Å². The van der Waals surface area contributed by atoms with E-state index in [1.807, 2.05) is 0 Å². The zero-order valence-electron chi connectivity index (χ0n) is 16.8. The Bertz CT molecular complexity index is 688. The van der Waals surface area contributed by atoms with Crippen LogP contribution in [0.4, 0.5) is 0 Å². The minimum Gasteiger partial charge on any atom is -0.497 e. The Morgan fingerprint density at radius 1 is 1.23 bits per heavy atom. The number of likely N-dealkylation sites (N-methyl/N-ethyl adjacent to an activating group) is 1. The summed E-state index contributed by atoms with van der Waals surface area (Å²) >= 11 is 0. The molecular weight excluding hydrogens is 322 g/mol. The Morgan fingerprint density at radius 3 is 2.73 bits per heavy atom. The molecule has 0 aliphatic carbocycles. The first-order valence-electron chi connectivity index (χ1n) is 10.3. The summed E-state index contributed by atoms with van der Waals surface area (Å²) in [6, 6.07) is 6.51. The van der Waals surface area contributed by atoms with Gasteiger partial charge in [0.1, 0.15) is 5.75 Å². The van der Waals surface area contributed by atoms with Crippen LogP contribution in [0, 0.1) is 5.92 Å². The second-order valence-electron chi connectivity index (χ2n) is 7.57. The van der Waals surface area contributed by atoms with Gasteiger partial charge >= 0.3 is 0 Å². The van der Waals surface area contributed by atoms with Crippen LogP contribution >= 0.6 is 0 Å². The first-order chi connectivity index (χ1) is 12.7. The summed E-state index contributed by atoms with van der Waals surface area (Å²) in [6.45, 7) is 11.5. The fourth-order valence-electron chi connectivity index (χ4n) is 4.19. The minimum atomic E-state index is 0.863. The van der Waals surface area contributed by atoms with Crippen molar-refractivity contribution in [1.82, 2.24) is 14.8 Å². The number of hydrogen-bond donors (Lipinski definition) is 1. The average Bonchev–Trinajstić information content (AvgIpc) is 3.03. The Morgan fingerprint density at radius 2 is 2.04 bits per heavy atom. The number of nitrogens with zero attached hydrogens (tertiary/aromatic N) is 2. The molecule has 3 rings (SSSR count).